The van der Waals surface area contributed by atoms with Gasteiger partial charge in [-0.05, 0) is 24.8 Å². The zero-order valence-corrected chi connectivity index (χ0v) is 15.3. The van der Waals surface area contributed by atoms with Crippen LogP contribution in [-0.4, -0.2) is 59.0 Å². The van der Waals surface area contributed by atoms with Crippen LogP contribution in [0.2, 0.25) is 0 Å². The molecule has 0 bridgehead atoms. The van der Waals surface area contributed by atoms with Gasteiger partial charge in [-0.3, -0.25) is 4.79 Å². The fourth-order valence-corrected chi connectivity index (χ4v) is 4.92. The third kappa shape index (κ3) is 3.01. The van der Waals surface area contributed by atoms with Gasteiger partial charge in [-0.15, -0.1) is 0 Å². The van der Waals surface area contributed by atoms with E-state index in [0.717, 1.165) is 51.5 Å². The number of nitrogens with one attached hydrogen (secondary N) is 1. The van der Waals surface area contributed by atoms with E-state index in [4.69, 9.17) is 0 Å². The molecule has 25 heavy (non-hydrogen) atoms. The maximum absolute atomic E-state index is 12.6. The van der Waals surface area contributed by atoms with Crippen molar-refractivity contribution in [2.45, 2.75) is 38.6 Å². The van der Waals surface area contributed by atoms with Crippen molar-refractivity contribution >= 4 is 11.9 Å². The van der Waals surface area contributed by atoms with Crippen molar-refractivity contribution in [2.75, 3.05) is 37.6 Å². The molecule has 0 aliphatic carbocycles. The summed E-state index contributed by atoms with van der Waals surface area (Å²) >= 11 is 0. The highest BCUT2D eigenvalue weighted by Gasteiger charge is 2.57. The largest absolute Gasteiger partial charge is 0.350 e. The summed E-state index contributed by atoms with van der Waals surface area (Å²) in [5.41, 5.74) is -0.0166. The summed E-state index contributed by atoms with van der Waals surface area (Å²) in [4.78, 5) is 26.1. The summed E-state index contributed by atoms with van der Waals surface area (Å²) in [6.45, 7) is 9.51. The Hall–Kier alpha value is -1.69. The van der Waals surface area contributed by atoms with E-state index in [2.05, 4.69) is 38.9 Å². The van der Waals surface area contributed by atoms with Crippen molar-refractivity contribution < 1.29 is 4.79 Å². The molecule has 4 heterocycles. The van der Waals surface area contributed by atoms with Crippen LogP contribution >= 0.6 is 0 Å². The van der Waals surface area contributed by atoms with Crippen LogP contribution < -0.4 is 10.2 Å². The summed E-state index contributed by atoms with van der Waals surface area (Å²) in [5, 5.41) is 3.40. The zero-order chi connectivity index (χ0) is 17.4. The number of hydrogen-bond donors (Lipinski definition) is 1. The van der Waals surface area contributed by atoms with Crippen LogP contribution in [0.25, 0.3) is 0 Å². The van der Waals surface area contributed by atoms with Crippen LogP contribution in [0.5, 0.6) is 0 Å². The van der Waals surface area contributed by atoms with E-state index >= 15 is 0 Å². The number of hydrogen-bond acceptors (Lipinski definition) is 5. The molecule has 1 aromatic heterocycles. The normalized spacial score (nSPS) is 29.7. The Morgan fingerprint density at radius 2 is 2.00 bits per heavy atom. The molecule has 3 fully saturated rings. The van der Waals surface area contributed by atoms with Gasteiger partial charge < -0.3 is 15.1 Å². The van der Waals surface area contributed by atoms with Crippen LogP contribution in [0.4, 0.5) is 5.95 Å². The van der Waals surface area contributed by atoms with Crippen LogP contribution in [0.15, 0.2) is 18.5 Å². The molecule has 0 unspecified atom stereocenters. The number of carbonyl (C=O) groups excluding carboxylic acids is 1. The third-order valence-electron chi connectivity index (χ3n) is 6.57. The molecule has 6 heteroatoms. The van der Waals surface area contributed by atoms with Crippen molar-refractivity contribution in [1.82, 2.24) is 20.2 Å². The Bertz CT molecular complexity index is 614. The van der Waals surface area contributed by atoms with E-state index in [-0.39, 0.29) is 17.4 Å². The van der Waals surface area contributed by atoms with Crippen molar-refractivity contribution in [3.8, 4) is 0 Å². The minimum atomic E-state index is -0.0166. The quantitative estimate of drug-likeness (QED) is 0.899. The van der Waals surface area contributed by atoms with E-state index in [9.17, 15) is 4.79 Å². The van der Waals surface area contributed by atoms with Crippen LogP contribution in [0.3, 0.4) is 0 Å². The molecule has 3 saturated heterocycles. The standard InChI is InChI=1S/C19H29N5O/c1-3-14(2)11-23-12-15-16(13-23)19(22-17(15)25)5-9-24(10-6-19)18-20-7-4-8-21-18/h4,7-8,14-16H,3,5-6,9-13H2,1-2H3,(H,22,25)/t14-,15+,16-/m0/s1. The molecule has 0 aromatic carbocycles. The second-order valence-corrected chi connectivity index (χ2v) is 8.13. The maximum Gasteiger partial charge on any atom is 0.225 e. The Kier molecular flexibility index (Phi) is 4.40. The first kappa shape index (κ1) is 16.8. The second kappa shape index (κ2) is 6.56. The smallest absolute Gasteiger partial charge is 0.225 e. The van der Waals surface area contributed by atoms with Crippen LogP contribution in [0.1, 0.15) is 33.1 Å². The van der Waals surface area contributed by atoms with Gasteiger partial charge in [0.15, 0.2) is 0 Å². The van der Waals surface area contributed by atoms with Crippen LogP contribution in [0, 0.1) is 17.8 Å². The number of carbonyl (C=O) groups is 1. The van der Waals surface area contributed by atoms with Gasteiger partial charge in [0.05, 0.1) is 5.92 Å². The minimum Gasteiger partial charge on any atom is -0.350 e. The first-order valence-electron chi connectivity index (χ1n) is 9.67. The van der Waals surface area contributed by atoms with E-state index in [1.807, 2.05) is 6.07 Å². The molecular weight excluding hydrogens is 314 g/mol. The Morgan fingerprint density at radius 1 is 1.28 bits per heavy atom. The summed E-state index contributed by atoms with van der Waals surface area (Å²) in [6.07, 6.45) is 6.79. The topological polar surface area (TPSA) is 61.4 Å². The number of fused-ring (bicyclic) bond motifs is 2. The van der Waals surface area contributed by atoms with Crippen molar-refractivity contribution in [2.24, 2.45) is 17.8 Å². The lowest BCUT2D eigenvalue weighted by molar-refractivity contribution is -0.123. The number of amides is 1. The molecule has 1 N–H and O–H groups in total. The fourth-order valence-electron chi connectivity index (χ4n) is 4.92. The average Bonchev–Trinajstić information content (AvgIpc) is 3.16. The summed E-state index contributed by atoms with van der Waals surface area (Å²) in [6, 6.07) is 1.85. The van der Waals surface area contributed by atoms with Crippen molar-refractivity contribution in [3.05, 3.63) is 18.5 Å². The number of rotatable bonds is 4. The predicted molar refractivity (Wildman–Crippen MR) is 97.2 cm³/mol. The van der Waals surface area contributed by atoms with Crippen molar-refractivity contribution in [3.63, 3.8) is 0 Å². The van der Waals surface area contributed by atoms with Gasteiger partial charge in [-0.25, -0.2) is 9.97 Å². The molecule has 3 aliphatic rings. The van der Waals surface area contributed by atoms with Gasteiger partial charge in [0.25, 0.3) is 0 Å². The highest BCUT2D eigenvalue weighted by molar-refractivity contribution is 5.83. The van der Waals surface area contributed by atoms with E-state index in [0.29, 0.717) is 11.8 Å². The highest BCUT2D eigenvalue weighted by Crippen LogP contribution is 2.44. The molecular formula is C19H29N5O. The first-order chi connectivity index (χ1) is 12.1. The summed E-state index contributed by atoms with van der Waals surface area (Å²) < 4.78 is 0. The molecule has 136 valence electrons. The van der Waals surface area contributed by atoms with Crippen LogP contribution in [-0.2, 0) is 4.79 Å². The predicted octanol–water partition coefficient (Wildman–Crippen LogP) is 1.54. The monoisotopic (exact) mass is 343 g/mol. The molecule has 6 nitrogen and oxygen atoms in total. The molecule has 4 rings (SSSR count). The average molecular weight is 343 g/mol. The van der Waals surface area contributed by atoms with Gasteiger partial charge in [-0.1, -0.05) is 20.3 Å². The lowest BCUT2D eigenvalue weighted by Crippen LogP contribution is -2.55. The fraction of sp³-hybridized carbons (Fsp3) is 0.737. The summed E-state index contributed by atoms with van der Waals surface area (Å²) in [7, 11) is 0. The maximum atomic E-state index is 12.6. The molecule has 0 saturated carbocycles. The van der Waals surface area contributed by atoms with Gasteiger partial charge >= 0.3 is 0 Å². The lowest BCUT2D eigenvalue weighted by Gasteiger charge is -2.42. The molecule has 3 atom stereocenters. The molecule has 1 spiro atoms. The van der Waals surface area contributed by atoms with Gasteiger partial charge in [-0.2, -0.15) is 0 Å². The Labute approximate surface area is 150 Å². The number of aromatic nitrogens is 2. The number of nitrogens with zero attached hydrogens (tertiary/aromatic N) is 4. The number of anilines is 1. The number of piperidine rings is 1. The molecule has 1 aromatic rings. The van der Waals surface area contributed by atoms with Gasteiger partial charge in [0.2, 0.25) is 11.9 Å². The lowest BCUT2D eigenvalue weighted by atomic mass is 9.75. The molecule has 0 radical (unpaired) electrons. The minimum absolute atomic E-state index is 0.0166. The molecule has 3 aliphatic heterocycles. The Morgan fingerprint density at radius 3 is 2.68 bits per heavy atom. The number of likely N-dealkylation sites (tertiary alicyclic amines) is 1. The SMILES string of the molecule is CC[C@H](C)CN1C[C@H]2C(=O)NC3(CCN(c4ncccn4)CC3)[C@H]2C1. The van der Waals surface area contributed by atoms with Gasteiger partial charge in [0, 0.05) is 56.6 Å². The summed E-state index contributed by atoms with van der Waals surface area (Å²) in [5.74, 6) is 2.44. The Balaban J connectivity index is 1.44. The zero-order valence-electron chi connectivity index (χ0n) is 15.3. The van der Waals surface area contributed by atoms with Crippen molar-refractivity contribution in [1.29, 1.82) is 0 Å². The third-order valence-corrected chi connectivity index (χ3v) is 6.57. The van der Waals surface area contributed by atoms with Gasteiger partial charge in [0.1, 0.15) is 0 Å². The highest BCUT2D eigenvalue weighted by atomic mass is 16.2. The van der Waals surface area contributed by atoms with E-state index < -0.39 is 0 Å². The van der Waals surface area contributed by atoms with E-state index in [1.54, 1.807) is 12.4 Å². The molecule has 1 amide bonds. The first-order valence-corrected chi connectivity index (χ1v) is 9.67. The van der Waals surface area contributed by atoms with E-state index in [1.165, 1.54) is 6.42 Å². The second-order valence-electron chi connectivity index (χ2n) is 8.13.